The van der Waals surface area contributed by atoms with Crippen LogP contribution in [0.5, 0.6) is 0 Å². The number of nitrogens with two attached hydrogens (primary N) is 1. The predicted octanol–water partition coefficient (Wildman–Crippen LogP) is 3.97. The first kappa shape index (κ1) is 17.1. The highest BCUT2D eigenvalue weighted by atomic mass is 32.2. The maximum atomic E-state index is 11.5. The van der Waals surface area contributed by atoms with E-state index in [0.717, 1.165) is 27.7 Å². The summed E-state index contributed by atoms with van der Waals surface area (Å²) < 4.78 is 2.27. The van der Waals surface area contributed by atoms with Crippen molar-refractivity contribution in [3.05, 3.63) is 17.5 Å². The number of carbonyl (C=O) groups excluding carboxylic acids is 1. The number of nitrogens with zero attached hydrogens (tertiary/aromatic N) is 3. The van der Waals surface area contributed by atoms with Gasteiger partial charge in [-0.15, -0.1) is 21.5 Å². The number of hydrogen-bond donors (Lipinski definition) is 1. The molecule has 2 bridgehead atoms. The minimum atomic E-state index is -0.315. The Morgan fingerprint density at radius 1 is 1.36 bits per heavy atom. The second-order valence-corrected chi connectivity index (χ2v) is 9.65. The Labute approximate surface area is 156 Å². The quantitative estimate of drug-likeness (QED) is 0.774. The van der Waals surface area contributed by atoms with Gasteiger partial charge >= 0.3 is 0 Å². The molecule has 134 valence electrons. The van der Waals surface area contributed by atoms with Crippen molar-refractivity contribution in [2.75, 3.05) is 0 Å². The smallest absolute Gasteiger partial charge is 0.230 e. The Hall–Kier alpha value is -1.34. The Bertz CT molecular complexity index is 757. The summed E-state index contributed by atoms with van der Waals surface area (Å²) in [5, 5.41) is 11.5. The average Bonchev–Trinajstić information content (AvgIpc) is 3.36. The van der Waals surface area contributed by atoms with Gasteiger partial charge in [-0.05, 0) is 62.3 Å². The van der Waals surface area contributed by atoms with Gasteiger partial charge in [-0.1, -0.05) is 24.2 Å². The molecule has 5 nitrogen and oxygen atoms in total. The number of amides is 1. The van der Waals surface area contributed by atoms with E-state index >= 15 is 0 Å². The molecule has 2 aliphatic carbocycles. The van der Waals surface area contributed by atoms with Crippen LogP contribution in [0.4, 0.5) is 0 Å². The lowest BCUT2D eigenvalue weighted by molar-refractivity contribution is -0.117. The number of primary amides is 1. The number of hydrogen-bond acceptors (Lipinski definition) is 5. The molecular weight excluding hydrogens is 352 g/mol. The van der Waals surface area contributed by atoms with E-state index in [1.54, 1.807) is 11.3 Å². The van der Waals surface area contributed by atoms with Gasteiger partial charge in [0.2, 0.25) is 5.91 Å². The summed E-state index contributed by atoms with van der Waals surface area (Å²) in [6.45, 7) is 4.13. The van der Waals surface area contributed by atoms with Gasteiger partial charge in [-0.25, -0.2) is 0 Å². The number of carbonyl (C=O) groups is 1. The monoisotopic (exact) mass is 376 g/mol. The molecule has 0 saturated heterocycles. The topological polar surface area (TPSA) is 73.8 Å². The van der Waals surface area contributed by atoms with Crippen LogP contribution in [0, 0.1) is 17.8 Å². The van der Waals surface area contributed by atoms with Gasteiger partial charge in [0.05, 0.1) is 10.1 Å². The number of thiophene rings is 1. The molecule has 25 heavy (non-hydrogen) atoms. The van der Waals surface area contributed by atoms with Gasteiger partial charge in [0.25, 0.3) is 0 Å². The molecule has 7 heteroatoms. The predicted molar refractivity (Wildman–Crippen MR) is 101 cm³/mol. The average molecular weight is 377 g/mol. The van der Waals surface area contributed by atoms with Crippen LogP contribution in [0.2, 0.25) is 0 Å². The van der Waals surface area contributed by atoms with Gasteiger partial charge in [-0.3, -0.25) is 9.36 Å². The summed E-state index contributed by atoms with van der Waals surface area (Å²) in [7, 11) is 0. The van der Waals surface area contributed by atoms with Gasteiger partial charge in [-0.2, -0.15) is 0 Å². The largest absolute Gasteiger partial charge is 0.369 e. The SMILES string of the molecule is C[C@H](Sc1nnc(-c2cccs2)n1[C@H](C)[C@@H]1C[C@H]2CC[C@H]1C2)C(N)=O. The third-order valence-corrected chi connectivity index (χ3v) is 7.85. The van der Waals surface area contributed by atoms with Crippen LogP contribution >= 0.6 is 23.1 Å². The third kappa shape index (κ3) is 3.12. The van der Waals surface area contributed by atoms with Crippen molar-refractivity contribution < 1.29 is 4.79 Å². The van der Waals surface area contributed by atoms with Crippen molar-refractivity contribution in [2.24, 2.45) is 23.5 Å². The van der Waals surface area contributed by atoms with Crippen LogP contribution in [-0.2, 0) is 4.79 Å². The van der Waals surface area contributed by atoms with E-state index in [1.807, 2.05) is 13.0 Å². The summed E-state index contributed by atoms with van der Waals surface area (Å²) in [5.74, 6) is 3.01. The molecule has 0 radical (unpaired) electrons. The second-order valence-electron chi connectivity index (χ2n) is 7.40. The van der Waals surface area contributed by atoms with Crippen molar-refractivity contribution in [3.8, 4) is 10.7 Å². The molecule has 0 aromatic carbocycles. The molecule has 0 aliphatic heterocycles. The first-order chi connectivity index (χ1) is 12.0. The van der Waals surface area contributed by atoms with Crippen molar-refractivity contribution in [1.82, 2.24) is 14.8 Å². The van der Waals surface area contributed by atoms with E-state index in [-0.39, 0.29) is 11.2 Å². The third-order valence-electron chi connectivity index (χ3n) is 5.91. The van der Waals surface area contributed by atoms with Crippen LogP contribution in [0.25, 0.3) is 10.7 Å². The highest BCUT2D eigenvalue weighted by Gasteiger charge is 2.43. The zero-order valence-corrected chi connectivity index (χ0v) is 16.2. The zero-order chi connectivity index (χ0) is 17.6. The number of thioether (sulfide) groups is 1. The fourth-order valence-electron chi connectivity index (χ4n) is 4.59. The van der Waals surface area contributed by atoms with E-state index in [4.69, 9.17) is 5.73 Å². The fourth-order valence-corrected chi connectivity index (χ4v) is 6.18. The molecule has 2 fully saturated rings. The lowest BCUT2D eigenvalue weighted by Crippen LogP contribution is -2.25. The minimum Gasteiger partial charge on any atom is -0.369 e. The van der Waals surface area contributed by atoms with E-state index in [9.17, 15) is 4.79 Å². The van der Waals surface area contributed by atoms with E-state index in [1.165, 1.54) is 37.4 Å². The fraction of sp³-hybridized carbons (Fsp3) is 0.611. The molecule has 0 spiro atoms. The maximum Gasteiger partial charge on any atom is 0.230 e. The summed E-state index contributed by atoms with van der Waals surface area (Å²) >= 11 is 3.10. The molecule has 2 aliphatic rings. The Balaban J connectivity index is 1.69. The summed E-state index contributed by atoms with van der Waals surface area (Å²) in [5.41, 5.74) is 5.47. The van der Waals surface area contributed by atoms with Gasteiger partial charge < -0.3 is 5.73 Å². The zero-order valence-electron chi connectivity index (χ0n) is 14.6. The molecule has 4 rings (SSSR count). The highest BCUT2D eigenvalue weighted by Crippen LogP contribution is 2.53. The molecule has 0 unspecified atom stereocenters. The van der Waals surface area contributed by atoms with Crippen LogP contribution in [-0.4, -0.2) is 25.9 Å². The van der Waals surface area contributed by atoms with Crippen LogP contribution in [0.3, 0.4) is 0 Å². The normalized spacial score (nSPS) is 27.5. The molecule has 5 atom stereocenters. The molecule has 2 N–H and O–H groups in total. The Morgan fingerprint density at radius 3 is 2.80 bits per heavy atom. The van der Waals surface area contributed by atoms with Crippen molar-refractivity contribution >= 4 is 29.0 Å². The Morgan fingerprint density at radius 2 is 2.20 bits per heavy atom. The standard InChI is InChI=1S/C18H24N4OS2/c1-10(14-9-12-5-6-13(14)8-12)22-17(15-4-3-7-24-15)20-21-18(22)25-11(2)16(19)23/h3-4,7,10-14H,5-6,8-9H2,1-2H3,(H2,19,23)/t10-,11+,12+,13+,14+/m1/s1. The molecule has 2 saturated carbocycles. The first-order valence-electron chi connectivity index (χ1n) is 8.99. The number of aromatic nitrogens is 3. The molecular formula is C18H24N4OS2. The highest BCUT2D eigenvalue weighted by molar-refractivity contribution is 8.00. The minimum absolute atomic E-state index is 0.314. The van der Waals surface area contributed by atoms with Gasteiger partial charge in [0.1, 0.15) is 0 Å². The van der Waals surface area contributed by atoms with Crippen LogP contribution < -0.4 is 5.73 Å². The van der Waals surface area contributed by atoms with Crippen molar-refractivity contribution in [3.63, 3.8) is 0 Å². The van der Waals surface area contributed by atoms with Crippen molar-refractivity contribution in [1.29, 1.82) is 0 Å². The summed E-state index contributed by atoms with van der Waals surface area (Å²) in [4.78, 5) is 12.7. The summed E-state index contributed by atoms with van der Waals surface area (Å²) in [6.07, 6.45) is 5.44. The van der Waals surface area contributed by atoms with Gasteiger partial charge in [0.15, 0.2) is 11.0 Å². The van der Waals surface area contributed by atoms with Crippen LogP contribution in [0.15, 0.2) is 22.7 Å². The lowest BCUT2D eigenvalue weighted by atomic mass is 9.84. The lowest BCUT2D eigenvalue weighted by Gasteiger charge is -2.30. The van der Waals surface area contributed by atoms with E-state index in [2.05, 4.69) is 33.1 Å². The van der Waals surface area contributed by atoms with Crippen molar-refractivity contribution in [2.45, 2.75) is 56.0 Å². The first-order valence-corrected chi connectivity index (χ1v) is 10.7. The molecule has 2 heterocycles. The van der Waals surface area contributed by atoms with E-state index < -0.39 is 0 Å². The maximum absolute atomic E-state index is 11.5. The van der Waals surface area contributed by atoms with Gasteiger partial charge in [0, 0.05) is 6.04 Å². The van der Waals surface area contributed by atoms with E-state index in [0.29, 0.717) is 12.0 Å². The van der Waals surface area contributed by atoms with Crippen LogP contribution in [0.1, 0.15) is 45.6 Å². The molecule has 2 aromatic rings. The molecule has 2 aromatic heterocycles. The molecule has 1 amide bonds. The number of rotatable bonds is 6. The summed E-state index contributed by atoms with van der Waals surface area (Å²) in [6, 6.07) is 4.47. The second kappa shape index (κ2) is 6.76. The Kier molecular flexibility index (Phi) is 4.62. The number of fused-ring (bicyclic) bond motifs is 2.